The van der Waals surface area contributed by atoms with E-state index in [1.165, 1.54) is 17.4 Å². The molecule has 0 saturated heterocycles. The van der Waals surface area contributed by atoms with E-state index in [1.54, 1.807) is 5.38 Å². The number of nitrogens with one attached hydrogen (secondary N) is 1. The lowest BCUT2D eigenvalue weighted by atomic mass is 10.1. The van der Waals surface area contributed by atoms with E-state index in [2.05, 4.69) is 5.32 Å². The third kappa shape index (κ3) is 4.14. The Morgan fingerprint density at radius 2 is 1.86 bits per heavy atom. The molecule has 0 bridgehead atoms. The molecular formula is C15H16N2O3S. The van der Waals surface area contributed by atoms with Crippen LogP contribution in [0.5, 0.6) is 0 Å². The van der Waals surface area contributed by atoms with E-state index in [4.69, 9.17) is 10.8 Å². The first-order valence-corrected chi connectivity index (χ1v) is 7.33. The number of thiophene rings is 1. The third-order valence-electron chi connectivity index (χ3n) is 3.01. The number of benzene rings is 1. The fourth-order valence-electron chi connectivity index (χ4n) is 1.80. The van der Waals surface area contributed by atoms with Gasteiger partial charge < -0.3 is 16.2 Å². The number of hydrogen-bond acceptors (Lipinski definition) is 4. The van der Waals surface area contributed by atoms with E-state index in [-0.39, 0.29) is 12.5 Å². The number of carbonyl (C=O) groups excluding carboxylic acids is 2. The predicted molar refractivity (Wildman–Crippen MR) is 81.2 cm³/mol. The predicted octanol–water partition coefficient (Wildman–Crippen LogP) is 1.31. The summed E-state index contributed by atoms with van der Waals surface area (Å²) in [5, 5.41) is 13.3. The normalized spacial score (nSPS) is 10.3. The molecule has 0 saturated carbocycles. The summed E-state index contributed by atoms with van der Waals surface area (Å²) in [5.41, 5.74) is 7.44. The average molecular weight is 304 g/mol. The standard InChI is InChI=1S/C15H16N2O3S/c16-14(19)12-7-13(21-9-12)15(20)17-6-5-10-1-3-11(8-18)4-2-10/h1-4,7,9,18H,5-6,8H2,(H2,16,19)(H,17,20). The van der Waals surface area contributed by atoms with E-state index >= 15 is 0 Å². The molecule has 0 unspecified atom stereocenters. The van der Waals surface area contributed by atoms with Crippen LogP contribution in [-0.4, -0.2) is 23.5 Å². The van der Waals surface area contributed by atoms with Gasteiger partial charge in [0.05, 0.1) is 17.0 Å². The van der Waals surface area contributed by atoms with Crippen molar-refractivity contribution < 1.29 is 14.7 Å². The molecule has 0 aliphatic carbocycles. The summed E-state index contributed by atoms with van der Waals surface area (Å²) < 4.78 is 0. The molecule has 1 aromatic carbocycles. The van der Waals surface area contributed by atoms with Crippen LogP contribution >= 0.6 is 11.3 Å². The van der Waals surface area contributed by atoms with Crippen LogP contribution in [0.25, 0.3) is 0 Å². The molecule has 0 atom stereocenters. The van der Waals surface area contributed by atoms with Gasteiger partial charge in [-0.1, -0.05) is 24.3 Å². The average Bonchev–Trinajstić information content (AvgIpc) is 2.98. The first-order valence-electron chi connectivity index (χ1n) is 6.45. The molecular weight excluding hydrogens is 288 g/mol. The van der Waals surface area contributed by atoms with Gasteiger partial charge in [0, 0.05) is 11.9 Å². The third-order valence-corrected chi connectivity index (χ3v) is 3.94. The van der Waals surface area contributed by atoms with Crippen molar-refractivity contribution in [2.45, 2.75) is 13.0 Å². The Kier molecular flexibility index (Phi) is 5.08. The number of aliphatic hydroxyl groups excluding tert-OH is 1. The summed E-state index contributed by atoms with van der Waals surface area (Å²) >= 11 is 1.20. The molecule has 5 nitrogen and oxygen atoms in total. The van der Waals surface area contributed by atoms with Gasteiger partial charge in [-0.2, -0.15) is 0 Å². The molecule has 2 amide bonds. The molecule has 0 radical (unpaired) electrons. The van der Waals surface area contributed by atoms with Crippen LogP contribution in [0.1, 0.15) is 31.2 Å². The van der Waals surface area contributed by atoms with E-state index < -0.39 is 5.91 Å². The Hall–Kier alpha value is -2.18. The van der Waals surface area contributed by atoms with Crippen molar-refractivity contribution in [3.05, 3.63) is 57.3 Å². The van der Waals surface area contributed by atoms with Crippen LogP contribution in [0.2, 0.25) is 0 Å². The minimum Gasteiger partial charge on any atom is -0.392 e. The molecule has 4 N–H and O–H groups in total. The van der Waals surface area contributed by atoms with Gasteiger partial charge in [-0.25, -0.2) is 0 Å². The molecule has 21 heavy (non-hydrogen) atoms. The number of primary amides is 1. The summed E-state index contributed by atoms with van der Waals surface area (Å²) in [6.45, 7) is 0.526. The van der Waals surface area contributed by atoms with Crippen molar-refractivity contribution in [1.82, 2.24) is 5.32 Å². The van der Waals surface area contributed by atoms with E-state index in [0.717, 1.165) is 11.1 Å². The van der Waals surface area contributed by atoms with Gasteiger partial charge in [-0.3, -0.25) is 9.59 Å². The lowest BCUT2D eigenvalue weighted by Crippen LogP contribution is -2.25. The van der Waals surface area contributed by atoms with Crippen LogP contribution in [0, 0.1) is 0 Å². The summed E-state index contributed by atoms with van der Waals surface area (Å²) in [6, 6.07) is 9.06. The minimum absolute atomic E-state index is 0.0254. The second-order valence-corrected chi connectivity index (χ2v) is 5.46. The van der Waals surface area contributed by atoms with E-state index in [9.17, 15) is 9.59 Å². The summed E-state index contributed by atoms with van der Waals surface area (Å²) in [7, 11) is 0. The van der Waals surface area contributed by atoms with Crippen LogP contribution < -0.4 is 11.1 Å². The molecule has 1 heterocycles. The molecule has 110 valence electrons. The zero-order valence-corrected chi connectivity index (χ0v) is 12.2. The fourth-order valence-corrected chi connectivity index (χ4v) is 2.62. The fraction of sp³-hybridized carbons (Fsp3) is 0.200. The Morgan fingerprint density at radius 1 is 1.19 bits per heavy atom. The van der Waals surface area contributed by atoms with Crippen molar-refractivity contribution in [2.75, 3.05) is 6.54 Å². The molecule has 0 fully saturated rings. The maximum atomic E-state index is 11.9. The summed E-state index contributed by atoms with van der Waals surface area (Å²) in [5.74, 6) is -0.742. The Balaban J connectivity index is 1.84. The molecule has 0 aliphatic heterocycles. The number of hydrogen-bond donors (Lipinski definition) is 3. The lowest BCUT2D eigenvalue weighted by molar-refractivity contribution is 0.0958. The van der Waals surface area contributed by atoms with Crippen molar-refractivity contribution in [3.63, 3.8) is 0 Å². The van der Waals surface area contributed by atoms with Crippen molar-refractivity contribution in [2.24, 2.45) is 5.73 Å². The zero-order valence-electron chi connectivity index (χ0n) is 11.3. The topological polar surface area (TPSA) is 92.4 Å². The first kappa shape index (κ1) is 15.2. The molecule has 0 aliphatic rings. The summed E-state index contributed by atoms with van der Waals surface area (Å²) in [4.78, 5) is 23.3. The van der Waals surface area contributed by atoms with Gasteiger partial charge >= 0.3 is 0 Å². The highest BCUT2D eigenvalue weighted by molar-refractivity contribution is 7.12. The molecule has 0 spiro atoms. The van der Waals surface area contributed by atoms with E-state index in [1.807, 2.05) is 24.3 Å². The first-order chi connectivity index (χ1) is 10.1. The van der Waals surface area contributed by atoms with Gasteiger partial charge in [0.2, 0.25) is 5.91 Å². The number of nitrogens with two attached hydrogens (primary N) is 1. The van der Waals surface area contributed by atoms with Crippen LogP contribution in [-0.2, 0) is 13.0 Å². The minimum atomic E-state index is -0.533. The second-order valence-electron chi connectivity index (χ2n) is 4.54. The zero-order chi connectivity index (χ0) is 15.2. The highest BCUT2D eigenvalue weighted by Crippen LogP contribution is 2.14. The van der Waals surface area contributed by atoms with Gasteiger partial charge in [0.1, 0.15) is 0 Å². The molecule has 2 rings (SSSR count). The van der Waals surface area contributed by atoms with E-state index in [0.29, 0.717) is 23.4 Å². The molecule has 6 heteroatoms. The Bertz CT molecular complexity index is 635. The Labute approximate surface area is 126 Å². The molecule has 2 aromatic rings. The smallest absolute Gasteiger partial charge is 0.261 e. The highest BCUT2D eigenvalue weighted by atomic mass is 32.1. The Morgan fingerprint density at radius 3 is 2.43 bits per heavy atom. The maximum Gasteiger partial charge on any atom is 0.261 e. The van der Waals surface area contributed by atoms with Crippen LogP contribution in [0.4, 0.5) is 0 Å². The lowest BCUT2D eigenvalue weighted by Gasteiger charge is -2.04. The largest absolute Gasteiger partial charge is 0.392 e. The maximum absolute atomic E-state index is 11.9. The van der Waals surface area contributed by atoms with Crippen LogP contribution in [0.15, 0.2) is 35.7 Å². The second kappa shape index (κ2) is 7.01. The number of rotatable bonds is 6. The molecule has 1 aromatic heterocycles. The van der Waals surface area contributed by atoms with Crippen molar-refractivity contribution >= 4 is 23.2 Å². The quantitative estimate of drug-likeness (QED) is 0.751. The number of amides is 2. The van der Waals surface area contributed by atoms with Gasteiger partial charge in [0.15, 0.2) is 0 Å². The number of carbonyl (C=O) groups is 2. The van der Waals surface area contributed by atoms with Gasteiger partial charge in [-0.05, 0) is 23.6 Å². The van der Waals surface area contributed by atoms with Crippen molar-refractivity contribution in [3.8, 4) is 0 Å². The van der Waals surface area contributed by atoms with Crippen LogP contribution in [0.3, 0.4) is 0 Å². The van der Waals surface area contributed by atoms with Gasteiger partial charge in [0.25, 0.3) is 5.91 Å². The monoisotopic (exact) mass is 304 g/mol. The van der Waals surface area contributed by atoms with Gasteiger partial charge in [-0.15, -0.1) is 11.3 Å². The highest BCUT2D eigenvalue weighted by Gasteiger charge is 2.11. The SMILES string of the molecule is NC(=O)c1csc(C(=O)NCCc2ccc(CO)cc2)c1. The van der Waals surface area contributed by atoms with Crippen molar-refractivity contribution in [1.29, 1.82) is 0 Å². The summed E-state index contributed by atoms with van der Waals surface area (Å²) in [6.07, 6.45) is 0.700. The number of aliphatic hydroxyl groups is 1.